The fraction of sp³-hybridized carbons (Fsp3) is 0.783. The first-order valence-corrected chi connectivity index (χ1v) is 12.0. The fourth-order valence-electron chi connectivity index (χ4n) is 6.75. The Bertz CT molecular complexity index is 812. The van der Waals surface area contributed by atoms with Gasteiger partial charge in [-0.15, -0.1) is 0 Å². The minimum absolute atomic E-state index is 0.114. The topological polar surface area (TPSA) is 72.5 Å². The van der Waals surface area contributed by atoms with Crippen LogP contribution in [-0.2, 0) is 9.59 Å². The molecule has 5 fully saturated rings. The number of aromatic nitrogens is 2. The zero-order chi connectivity index (χ0) is 20.3. The van der Waals surface area contributed by atoms with Crippen molar-refractivity contribution in [3.8, 4) is 0 Å². The lowest BCUT2D eigenvalue weighted by Gasteiger charge is -2.48. The molecule has 2 saturated carbocycles. The van der Waals surface area contributed by atoms with Gasteiger partial charge in [0.05, 0.1) is 12.4 Å². The van der Waals surface area contributed by atoms with Gasteiger partial charge >= 0.3 is 0 Å². The van der Waals surface area contributed by atoms with Gasteiger partial charge in [-0.05, 0) is 45.1 Å². The van der Waals surface area contributed by atoms with Crippen molar-refractivity contribution >= 4 is 11.8 Å². The molecule has 0 bridgehead atoms. The number of rotatable bonds is 4. The number of nitrogens with zero attached hydrogens (tertiary/aromatic N) is 4. The lowest BCUT2D eigenvalue weighted by Crippen LogP contribution is -2.60. The molecule has 1 aromatic heterocycles. The summed E-state index contributed by atoms with van der Waals surface area (Å²) in [7, 11) is 0. The predicted octanol–water partition coefficient (Wildman–Crippen LogP) is 1.98. The van der Waals surface area contributed by atoms with Crippen molar-refractivity contribution in [2.75, 3.05) is 32.7 Å². The van der Waals surface area contributed by atoms with Crippen LogP contribution in [0.4, 0.5) is 0 Å². The summed E-state index contributed by atoms with van der Waals surface area (Å²) in [6.07, 6.45) is 12.9. The van der Waals surface area contributed by atoms with Gasteiger partial charge in [-0.2, -0.15) is 0 Å². The standard InChI is InChI=1S/C23H33N5O2/c29-21(18-10-17(18)19-11-24-15-25-19)27-13-23(14-27)7-9-26(12-23)22(30)20-6-3-8-28(20)16-4-1-2-5-16/h11,15-18,20H,1-10,12-14H2,(H,24,25)/t17-,18-,20?/m1/s1. The van der Waals surface area contributed by atoms with Crippen LogP contribution in [0.5, 0.6) is 0 Å². The Labute approximate surface area is 178 Å². The van der Waals surface area contributed by atoms with E-state index in [-0.39, 0.29) is 17.4 Å². The van der Waals surface area contributed by atoms with E-state index < -0.39 is 0 Å². The maximum atomic E-state index is 13.3. The summed E-state index contributed by atoms with van der Waals surface area (Å²) >= 11 is 0. The van der Waals surface area contributed by atoms with Gasteiger partial charge in [0.15, 0.2) is 0 Å². The molecule has 7 heteroatoms. The van der Waals surface area contributed by atoms with Crippen molar-refractivity contribution in [3.05, 3.63) is 18.2 Å². The van der Waals surface area contributed by atoms with Crippen LogP contribution in [0, 0.1) is 11.3 Å². The van der Waals surface area contributed by atoms with Crippen LogP contribution in [0.15, 0.2) is 12.5 Å². The number of amides is 2. The third kappa shape index (κ3) is 3.08. The smallest absolute Gasteiger partial charge is 0.239 e. The predicted molar refractivity (Wildman–Crippen MR) is 112 cm³/mol. The van der Waals surface area contributed by atoms with E-state index in [2.05, 4.69) is 19.8 Å². The summed E-state index contributed by atoms with van der Waals surface area (Å²) in [6.45, 7) is 4.48. The molecule has 7 nitrogen and oxygen atoms in total. The lowest BCUT2D eigenvalue weighted by molar-refractivity contribution is -0.145. The normalized spacial score (nSPS) is 33.4. The van der Waals surface area contributed by atoms with E-state index in [0.717, 1.165) is 64.1 Å². The molecular formula is C23H33N5O2. The largest absolute Gasteiger partial charge is 0.348 e. The van der Waals surface area contributed by atoms with E-state index in [0.29, 0.717) is 23.8 Å². The Morgan fingerprint density at radius 1 is 1.00 bits per heavy atom. The van der Waals surface area contributed by atoms with Gasteiger partial charge in [0.25, 0.3) is 0 Å². The third-order valence-electron chi connectivity index (χ3n) is 8.51. The van der Waals surface area contributed by atoms with Crippen LogP contribution >= 0.6 is 0 Å². The molecule has 4 heterocycles. The lowest BCUT2D eigenvalue weighted by atomic mass is 9.78. The number of H-pyrrole nitrogens is 1. The van der Waals surface area contributed by atoms with Crippen molar-refractivity contribution in [2.45, 2.75) is 69.4 Å². The van der Waals surface area contributed by atoms with E-state index in [1.54, 1.807) is 6.33 Å². The molecule has 0 radical (unpaired) electrons. The maximum absolute atomic E-state index is 13.3. The third-order valence-corrected chi connectivity index (χ3v) is 8.51. The highest BCUT2D eigenvalue weighted by molar-refractivity contribution is 5.84. The molecule has 1 spiro atoms. The highest BCUT2D eigenvalue weighted by Crippen LogP contribution is 2.50. The van der Waals surface area contributed by atoms with Gasteiger partial charge in [0, 0.05) is 61.4 Å². The zero-order valence-electron chi connectivity index (χ0n) is 17.8. The SMILES string of the molecule is O=C(C1CCCN1C1CCCC1)N1CCC2(C1)CN(C(=O)[C@@H]1C[C@H]1c1cnc[nH]1)C2. The highest BCUT2D eigenvalue weighted by atomic mass is 16.2. The van der Waals surface area contributed by atoms with Crippen molar-refractivity contribution < 1.29 is 9.59 Å². The number of carbonyl (C=O) groups is 2. The Morgan fingerprint density at radius 3 is 2.57 bits per heavy atom. The molecule has 162 valence electrons. The molecule has 5 aliphatic rings. The second kappa shape index (κ2) is 7.08. The van der Waals surface area contributed by atoms with Gasteiger partial charge < -0.3 is 14.8 Å². The first-order valence-electron chi connectivity index (χ1n) is 12.0. The van der Waals surface area contributed by atoms with E-state index in [4.69, 9.17) is 0 Å². The molecule has 2 aliphatic carbocycles. The number of nitrogens with one attached hydrogen (secondary N) is 1. The van der Waals surface area contributed by atoms with Crippen LogP contribution in [0.1, 0.15) is 63.0 Å². The first kappa shape index (κ1) is 18.8. The number of aromatic amines is 1. The summed E-state index contributed by atoms with van der Waals surface area (Å²) in [5, 5.41) is 0. The van der Waals surface area contributed by atoms with Gasteiger partial charge in [0.2, 0.25) is 11.8 Å². The first-order chi connectivity index (χ1) is 14.6. The summed E-state index contributed by atoms with van der Waals surface area (Å²) in [5.74, 6) is 1.11. The van der Waals surface area contributed by atoms with Crippen LogP contribution in [0.2, 0.25) is 0 Å². The molecule has 1 aromatic rings. The molecule has 0 aromatic carbocycles. The monoisotopic (exact) mass is 411 g/mol. The second-order valence-corrected chi connectivity index (χ2v) is 10.5. The van der Waals surface area contributed by atoms with E-state index >= 15 is 0 Å². The van der Waals surface area contributed by atoms with Gasteiger partial charge in [-0.25, -0.2) is 4.98 Å². The zero-order valence-corrected chi connectivity index (χ0v) is 17.8. The van der Waals surface area contributed by atoms with E-state index in [1.165, 1.54) is 25.7 Å². The Kier molecular flexibility index (Phi) is 4.44. The van der Waals surface area contributed by atoms with E-state index in [1.807, 2.05) is 11.1 Å². The Morgan fingerprint density at radius 2 is 1.80 bits per heavy atom. The molecule has 3 aliphatic heterocycles. The molecule has 1 N–H and O–H groups in total. The number of hydrogen-bond acceptors (Lipinski definition) is 4. The number of carbonyl (C=O) groups excluding carboxylic acids is 2. The fourth-order valence-corrected chi connectivity index (χ4v) is 6.75. The van der Waals surface area contributed by atoms with Gasteiger partial charge in [-0.1, -0.05) is 12.8 Å². The molecular weight excluding hydrogens is 378 g/mol. The van der Waals surface area contributed by atoms with Crippen LogP contribution < -0.4 is 0 Å². The van der Waals surface area contributed by atoms with Gasteiger partial charge in [0.1, 0.15) is 0 Å². The maximum Gasteiger partial charge on any atom is 0.239 e. The second-order valence-electron chi connectivity index (χ2n) is 10.5. The van der Waals surface area contributed by atoms with Crippen molar-refractivity contribution in [1.29, 1.82) is 0 Å². The highest BCUT2D eigenvalue weighted by Gasteiger charge is 2.55. The van der Waals surface area contributed by atoms with Crippen LogP contribution in [0.25, 0.3) is 0 Å². The summed E-state index contributed by atoms with van der Waals surface area (Å²) < 4.78 is 0. The average molecular weight is 412 g/mol. The Hall–Kier alpha value is -1.89. The molecule has 3 atom stereocenters. The van der Waals surface area contributed by atoms with Crippen LogP contribution in [0.3, 0.4) is 0 Å². The average Bonchev–Trinajstić information content (AvgIpc) is 3.32. The summed E-state index contributed by atoms with van der Waals surface area (Å²) in [5.41, 5.74) is 1.24. The minimum atomic E-state index is 0.114. The molecule has 2 amide bonds. The van der Waals surface area contributed by atoms with Crippen molar-refractivity contribution in [1.82, 2.24) is 24.7 Å². The van der Waals surface area contributed by atoms with Crippen LogP contribution in [-0.4, -0.2) is 81.3 Å². The quantitative estimate of drug-likeness (QED) is 0.822. The molecule has 3 saturated heterocycles. The number of hydrogen-bond donors (Lipinski definition) is 1. The van der Waals surface area contributed by atoms with Gasteiger partial charge in [-0.3, -0.25) is 14.5 Å². The molecule has 30 heavy (non-hydrogen) atoms. The Balaban J connectivity index is 1.03. The van der Waals surface area contributed by atoms with Crippen molar-refractivity contribution in [3.63, 3.8) is 0 Å². The number of imidazole rings is 1. The molecule has 1 unspecified atom stereocenters. The molecule has 6 rings (SSSR count). The minimum Gasteiger partial charge on any atom is -0.348 e. The summed E-state index contributed by atoms with van der Waals surface area (Å²) in [6, 6.07) is 0.749. The summed E-state index contributed by atoms with van der Waals surface area (Å²) in [4.78, 5) is 40.1. The van der Waals surface area contributed by atoms with Crippen molar-refractivity contribution in [2.24, 2.45) is 11.3 Å². The van der Waals surface area contributed by atoms with E-state index in [9.17, 15) is 9.59 Å². The number of likely N-dealkylation sites (tertiary alicyclic amines) is 3.